The molecule has 4 atom stereocenters. The van der Waals surface area contributed by atoms with Gasteiger partial charge in [0, 0.05) is 0 Å². The van der Waals surface area contributed by atoms with Gasteiger partial charge in [0.25, 0.3) is 0 Å². The number of hydrogen-bond donors (Lipinski definition) is 0. The molecular weight excluding hydrogens is 1040 g/mol. The zero-order chi connectivity index (χ0) is 45.2. The van der Waals surface area contributed by atoms with Crippen molar-refractivity contribution in [3.8, 4) is 20.9 Å². The van der Waals surface area contributed by atoms with E-state index in [2.05, 4.69) is 155 Å². The van der Waals surface area contributed by atoms with Crippen LogP contribution in [0.1, 0.15) is 179 Å². The van der Waals surface area contributed by atoms with E-state index >= 15 is 0 Å². The van der Waals surface area contributed by atoms with Crippen molar-refractivity contribution in [2.45, 2.75) is 213 Å². The number of unbranched alkanes of at least 4 members (excludes halogenated alkanes) is 4. The van der Waals surface area contributed by atoms with E-state index in [1.165, 1.54) is 128 Å². The van der Waals surface area contributed by atoms with Gasteiger partial charge in [-0.05, 0) is 0 Å². The summed E-state index contributed by atoms with van der Waals surface area (Å²) < 4.78 is 6.70. The minimum Gasteiger partial charge on any atom is -0.0654 e. The summed E-state index contributed by atoms with van der Waals surface area (Å²) in [4.78, 5) is 22.5. The Labute approximate surface area is 407 Å². The van der Waals surface area contributed by atoms with Crippen molar-refractivity contribution in [3.63, 3.8) is 0 Å². The number of benzene rings is 1. The average molecular weight is 1130 g/mol. The van der Waals surface area contributed by atoms with Gasteiger partial charge in [-0.25, -0.2) is 0 Å². The van der Waals surface area contributed by atoms with E-state index in [9.17, 15) is 0 Å². The van der Waals surface area contributed by atoms with Gasteiger partial charge in [0.2, 0.25) is 0 Å². The monoisotopic (exact) mass is 1130 g/mol. The molecule has 0 fully saturated rings. The fourth-order valence-corrected chi connectivity index (χ4v) is 25.5. The minimum absolute atomic E-state index is 0.783. The molecule has 0 bridgehead atoms. The van der Waals surface area contributed by atoms with Gasteiger partial charge in [0.1, 0.15) is 0 Å². The van der Waals surface area contributed by atoms with Crippen LogP contribution in [0.5, 0.6) is 0 Å². The molecule has 5 rings (SSSR count). The van der Waals surface area contributed by atoms with Crippen LogP contribution in [0.3, 0.4) is 0 Å². The summed E-state index contributed by atoms with van der Waals surface area (Å²) in [5.74, 6) is 3.14. The molecule has 5 aromatic rings. The summed E-state index contributed by atoms with van der Waals surface area (Å²) in [6.07, 6.45) is 26.3. The molecule has 0 saturated heterocycles. The van der Waals surface area contributed by atoms with Crippen LogP contribution < -0.4 is 5.79 Å². The topological polar surface area (TPSA) is 0 Å². The molecule has 0 aliphatic carbocycles. The third-order valence-electron chi connectivity index (χ3n) is 14.4. The van der Waals surface area contributed by atoms with Gasteiger partial charge in [-0.1, -0.05) is 27.7 Å². The van der Waals surface area contributed by atoms with E-state index in [0.717, 1.165) is 23.7 Å². The summed E-state index contributed by atoms with van der Waals surface area (Å²) in [6.45, 7) is 19.3. The van der Waals surface area contributed by atoms with Crippen LogP contribution in [-0.4, -0.2) is 36.8 Å². The van der Waals surface area contributed by atoms with E-state index < -0.39 is 36.8 Å². The Hall–Kier alpha value is 0.137. The second-order valence-corrected chi connectivity index (χ2v) is 56.8. The maximum atomic E-state index is 2.77. The molecule has 0 nitrogen and oxygen atoms in total. The summed E-state index contributed by atoms with van der Waals surface area (Å²) in [5.41, 5.74) is 6.61. The molecule has 0 radical (unpaired) electrons. The molecule has 0 spiro atoms. The van der Waals surface area contributed by atoms with Gasteiger partial charge >= 0.3 is 384 Å². The molecule has 0 saturated carbocycles. The van der Waals surface area contributed by atoms with Gasteiger partial charge in [-0.2, -0.15) is 0 Å². The van der Waals surface area contributed by atoms with Gasteiger partial charge in [0.05, 0.1) is 0 Å². The van der Waals surface area contributed by atoms with Crippen molar-refractivity contribution in [3.05, 3.63) is 45.1 Å². The van der Waals surface area contributed by atoms with E-state index in [1.807, 2.05) is 0 Å². The molecule has 4 aromatic heterocycles. The first-order valence-electron chi connectivity index (χ1n) is 25.9. The number of rotatable bonds is 28. The normalized spacial score (nSPS) is 14.7. The molecule has 6 heteroatoms. The Kier molecular flexibility index (Phi) is 21.4. The maximum absolute atomic E-state index is 2.77. The Morgan fingerprint density at radius 2 is 0.710 bits per heavy atom. The van der Waals surface area contributed by atoms with Crippen molar-refractivity contribution in [2.75, 3.05) is 0 Å². The van der Waals surface area contributed by atoms with Crippen LogP contribution in [0, 0.1) is 23.7 Å². The van der Waals surface area contributed by atoms with E-state index in [0.29, 0.717) is 0 Å². The van der Waals surface area contributed by atoms with Crippen molar-refractivity contribution in [1.29, 1.82) is 0 Å². The molecule has 346 valence electrons. The summed E-state index contributed by atoms with van der Waals surface area (Å²) in [5, 5.41) is 3.18. The van der Waals surface area contributed by atoms with E-state index in [1.54, 1.807) is 67.7 Å². The smallest absolute Gasteiger partial charge is 0.0654 e. The Balaban J connectivity index is 1.83. The Morgan fingerprint density at radius 3 is 0.984 bits per heavy atom. The predicted octanol–water partition coefficient (Wildman–Crippen LogP) is 19.7. The summed E-state index contributed by atoms with van der Waals surface area (Å²) in [7, 11) is 0. The first kappa shape index (κ1) is 53.1. The number of fused-ring (bicyclic) bond motifs is 2. The molecule has 0 aliphatic heterocycles. The van der Waals surface area contributed by atoms with Crippen LogP contribution in [0.4, 0.5) is 0 Å². The first-order chi connectivity index (χ1) is 29.6. The molecule has 4 heterocycles. The average Bonchev–Trinajstić information content (AvgIpc) is 4.05. The summed E-state index contributed by atoms with van der Waals surface area (Å²) in [6, 6.07) is 11.1. The van der Waals surface area contributed by atoms with E-state index in [4.69, 9.17) is 0 Å². The van der Waals surface area contributed by atoms with Crippen molar-refractivity contribution < 1.29 is 0 Å². The fraction of sp³-hybridized carbons (Fsp3) is 0.679. The number of thiophene rings is 4. The third-order valence-corrected chi connectivity index (χ3v) is 38.0. The second-order valence-electron chi connectivity index (χ2n) is 21.6. The first-order valence-corrected chi connectivity index (χ1v) is 49.2. The quantitative estimate of drug-likeness (QED) is 0.0438. The van der Waals surface area contributed by atoms with Crippen LogP contribution >= 0.6 is 45.3 Å². The van der Waals surface area contributed by atoms with Crippen molar-refractivity contribution in [1.82, 2.24) is 0 Å². The predicted molar refractivity (Wildman–Crippen MR) is 298 cm³/mol. The zero-order valence-corrected chi connectivity index (χ0v) is 51.4. The molecule has 1 aromatic carbocycles. The van der Waals surface area contributed by atoms with Gasteiger partial charge in [-0.3, -0.25) is 0 Å². The van der Waals surface area contributed by atoms with Crippen molar-refractivity contribution >= 4 is 108 Å². The van der Waals surface area contributed by atoms with Crippen molar-refractivity contribution in [2.24, 2.45) is 23.7 Å². The Bertz CT molecular complexity index is 1830. The summed E-state index contributed by atoms with van der Waals surface area (Å²) >= 11 is 3.97. The van der Waals surface area contributed by atoms with Crippen LogP contribution in [0.25, 0.3) is 41.1 Å². The third kappa shape index (κ3) is 13.6. The van der Waals surface area contributed by atoms with Gasteiger partial charge < -0.3 is 0 Å². The molecule has 4 unspecified atom stereocenters. The van der Waals surface area contributed by atoms with Crippen LogP contribution in [0.2, 0.25) is 29.6 Å². The van der Waals surface area contributed by atoms with Crippen LogP contribution in [-0.2, 0) is 25.7 Å². The number of hydrogen-bond acceptors (Lipinski definition) is 4. The van der Waals surface area contributed by atoms with Gasteiger partial charge in [0.15, 0.2) is 0 Å². The molecular formula is C56H90S4Sn2. The van der Waals surface area contributed by atoms with Gasteiger partial charge in [-0.15, -0.1) is 0 Å². The standard InChI is InChI=1S/C50H72S4.6CH3.2Sn/c1-9-17-21-35(13-5)29-39-33-45(53-43(39)31-37(15-7)23-19-11-3)47-41-25-27-52-50(41)48(42-26-28-51-49(42)47)46-34-40(30-36(14-6)22-18-10-2)44(54-46)32-38(16-8)24-20-12-4;;;;;;;;/h25-26,33-38H,9-24,29-32H2,1-8H3;6*1H3;;. The second kappa shape index (κ2) is 25.0. The SMILES string of the molecule is CCCCC(CC)Cc1cc(-c2c3c[c]([Sn]([CH3])([CH3])[CH3])sc3c(-c3cc(CC(CC)CCCC)c(CC(CC)CCCC)s3)c3c[c]([Sn]([CH3])([CH3])[CH3])sc23)sc1CC(CC)CCCC. The minimum atomic E-state index is -2.45. The zero-order valence-electron chi connectivity index (χ0n) is 42.4. The van der Waals surface area contributed by atoms with Crippen LogP contribution in [0.15, 0.2) is 24.3 Å². The van der Waals surface area contributed by atoms with E-state index in [-0.39, 0.29) is 0 Å². The Morgan fingerprint density at radius 1 is 0.403 bits per heavy atom. The molecule has 0 amide bonds. The molecule has 0 N–H and O–H groups in total. The fourth-order valence-electron chi connectivity index (χ4n) is 9.79. The molecule has 0 aliphatic rings. The molecule has 62 heavy (non-hydrogen) atoms.